The molecule has 1 N–H and O–H groups in total. The number of carbonyl (C=O) groups is 2. The van der Waals surface area contributed by atoms with Crippen molar-refractivity contribution in [2.45, 2.75) is 32.2 Å². The molecule has 2 aromatic rings. The Bertz CT molecular complexity index is 607. The summed E-state index contributed by atoms with van der Waals surface area (Å²) in [5.41, 5.74) is 0.969. The van der Waals surface area contributed by atoms with Crippen LogP contribution in [0, 0.1) is 0 Å². The molecular weight excluding hydrogens is 294 g/mol. The van der Waals surface area contributed by atoms with Gasteiger partial charge < -0.3 is 14.5 Å². The minimum Gasteiger partial charge on any atom is -0.469 e. The zero-order valence-corrected chi connectivity index (χ0v) is 13.2. The van der Waals surface area contributed by atoms with E-state index in [4.69, 9.17) is 9.15 Å². The Hall–Kier alpha value is -2.56. The summed E-state index contributed by atoms with van der Waals surface area (Å²) in [6.45, 7) is 2.03. The first kappa shape index (κ1) is 16.8. The normalized spacial score (nSPS) is 11.7. The second kappa shape index (κ2) is 8.78. The zero-order valence-electron chi connectivity index (χ0n) is 13.2. The predicted octanol–water partition coefficient (Wildman–Crippen LogP) is 2.50. The van der Waals surface area contributed by atoms with Crippen LogP contribution in [0.2, 0.25) is 0 Å². The van der Waals surface area contributed by atoms with Crippen LogP contribution >= 0.6 is 0 Å². The molecule has 5 nitrogen and oxygen atoms in total. The highest BCUT2D eigenvalue weighted by Gasteiger charge is 2.22. The number of hydrogen-bond acceptors (Lipinski definition) is 4. The monoisotopic (exact) mass is 315 g/mol. The van der Waals surface area contributed by atoms with E-state index in [9.17, 15) is 9.59 Å². The number of hydrogen-bond donors (Lipinski definition) is 1. The highest BCUT2D eigenvalue weighted by molar-refractivity contribution is 5.84. The molecule has 1 atom stereocenters. The molecule has 1 amide bonds. The maximum absolute atomic E-state index is 12.1. The number of benzene rings is 1. The number of furan rings is 1. The lowest BCUT2D eigenvalue weighted by atomic mass is 10.1. The highest BCUT2D eigenvalue weighted by atomic mass is 16.5. The molecule has 0 unspecified atom stereocenters. The number of esters is 1. The molecule has 1 aromatic heterocycles. The number of rotatable bonds is 8. The third-order valence-electron chi connectivity index (χ3n) is 3.37. The fourth-order valence-electron chi connectivity index (χ4n) is 2.24. The molecule has 1 aromatic carbocycles. The zero-order chi connectivity index (χ0) is 16.5. The van der Waals surface area contributed by atoms with Gasteiger partial charge >= 0.3 is 5.97 Å². The van der Waals surface area contributed by atoms with Crippen molar-refractivity contribution in [1.29, 1.82) is 0 Å². The Morgan fingerprint density at radius 1 is 1.17 bits per heavy atom. The van der Waals surface area contributed by atoms with Gasteiger partial charge in [0.2, 0.25) is 5.91 Å². The van der Waals surface area contributed by atoms with E-state index in [2.05, 4.69) is 5.32 Å². The summed E-state index contributed by atoms with van der Waals surface area (Å²) < 4.78 is 10.3. The van der Waals surface area contributed by atoms with Gasteiger partial charge in [-0.05, 0) is 24.6 Å². The van der Waals surface area contributed by atoms with Gasteiger partial charge in [0, 0.05) is 19.3 Å². The number of nitrogens with one attached hydrogen (secondary N) is 1. The Kier molecular flexibility index (Phi) is 6.41. The Labute approximate surface area is 135 Å². The fraction of sp³-hybridized carbons (Fsp3) is 0.333. The van der Waals surface area contributed by atoms with E-state index in [0.29, 0.717) is 12.8 Å². The smallest absolute Gasteiger partial charge is 0.328 e. The summed E-state index contributed by atoms with van der Waals surface area (Å²) in [6.07, 6.45) is 2.74. The van der Waals surface area contributed by atoms with Crippen molar-refractivity contribution in [3.05, 3.63) is 60.1 Å². The van der Waals surface area contributed by atoms with Crippen LogP contribution in [0.3, 0.4) is 0 Å². The molecule has 23 heavy (non-hydrogen) atoms. The molecule has 122 valence electrons. The summed E-state index contributed by atoms with van der Waals surface area (Å²) in [5.74, 6) is 0.133. The van der Waals surface area contributed by atoms with Crippen LogP contribution in [0.25, 0.3) is 0 Å². The lowest BCUT2D eigenvalue weighted by Crippen LogP contribution is -2.43. The maximum Gasteiger partial charge on any atom is 0.328 e. The molecule has 5 heteroatoms. The first-order valence-electron chi connectivity index (χ1n) is 7.71. The quantitative estimate of drug-likeness (QED) is 0.760. The van der Waals surface area contributed by atoms with E-state index in [1.54, 1.807) is 19.3 Å². The van der Waals surface area contributed by atoms with Crippen LogP contribution in [-0.2, 0) is 27.2 Å². The summed E-state index contributed by atoms with van der Waals surface area (Å²) in [6, 6.07) is 12.5. The van der Waals surface area contributed by atoms with Gasteiger partial charge in [-0.15, -0.1) is 0 Å². The van der Waals surface area contributed by atoms with Crippen LogP contribution < -0.4 is 5.32 Å². The maximum atomic E-state index is 12.1. The largest absolute Gasteiger partial charge is 0.469 e. The van der Waals surface area contributed by atoms with Gasteiger partial charge in [0.05, 0.1) is 12.9 Å². The van der Waals surface area contributed by atoms with Crippen molar-refractivity contribution in [2.24, 2.45) is 0 Å². The SMILES string of the molecule is CCOC(=O)[C@H](Cc1ccccc1)NC(=O)CCc1ccco1. The van der Waals surface area contributed by atoms with Crippen molar-refractivity contribution in [1.82, 2.24) is 5.32 Å². The third-order valence-corrected chi connectivity index (χ3v) is 3.37. The molecule has 0 aliphatic heterocycles. The first-order valence-corrected chi connectivity index (χ1v) is 7.71. The van der Waals surface area contributed by atoms with E-state index in [0.717, 1.165) is 11.3 Å². The van der Waals surface area contributed by atoms with Crippen molar-refractivity contribution in [2.75, 3.05) is 6.61 Å². The van der Waals surface area contributed by atoms with Crippen molar-refractivity contribution >= 4 is 11.9 Å². The molecule has 0 radical (unpaired) electrons. The average molecular weight is 315 g/mol. The topological polar surface area (TPSA) is 68.5 Å². The Morgan fingerprint density at radius 2 is 1.96 bits per heavy atom. The van der Waals surface area contributed by atoms with Gasteiger partial charge in [0.1, 0.15) is 11.8 Å². The summed E-state index contributed by atoms with van der Waals surface area (Å²) in [4.78, 5) is 24.1. The number of amides is 1. The molecule has 0 saturated carbocycles. The van der Waals surface area contributed by atoms with Gasteiger partial charge in [0.25, 0.3) is 0 Å². The van der Waals surface area contributed by atoms with Crippen LogP contribution in [0.15, 0.2) is 53.1 Å². The summed E-state index contributed by atoms with van der Waals surface area (Å²) in [7, 11) is 0. The molecule has 2 rings (SSSR count). The van der Waals surface area contributed by atoms with E-state index in [1.165, 1.54) is 0 Å². The molecule has 0 bridgehead atoms. The minimum absolute atomic E-state index is 0.199. The van der Waals surface area contributed by atoms with Gasteiger partial charge in [-0.3, -0.25) is 4.79 Å². The Balaban J connectivity index is 1.93. The van der Waals surface area contributed by atoms with Crippen molar-refractivity contribution in [3.8, 4) is 0 Å². The fourth-order valence-corrected chi connectivity index (χ4v) is 2.24. The number of ether oxygens (including phenoxy) is 1. The standard InChI is InChI=1S/C18H21NO4/c1-2-22-18(21)16(13-14-7-4-3-5-8-14)19-17(20)11-10-15-9-6-12-23-15/h3-9,12,16H,2,10-11,13H2,1H3,(H,19,20)/t16-/m0/s1. The molecule has 0 aliphatic carbocycles. The Morgan fingerprint density at radius 3 is 2.61 bits per heavy atom. The van der Waals surface area contributed by atoms with Gasteiger partial charge in [-0.25, -0.2) is 4.79 Å². The molecular formula is C18H21NO4. The van der Waals surface area contributed by atoms with Crippen LogP contribution in [0.5, 0.6) is 0 Å². The van der Waals surface area contributed by atoms with Gasteiger partial charge in [0.15, 0.2) is 0 Å². The van der Waals surface area contributed by atoms with Gasteiger partial charge in [-0.1, -0.05) is 30.3 Å². The van der Waals surface area contributed by atoms with Crippen LogP contribution in [-0.4, -0.2) is 24.5 Å². The second-order valence-corrected chi connectivity index (χ2v) is 5.14. The molecule has 1 heterocycles. The highest BCUT2D eigenvalue weighted by Crippen LogP contribution is 2.07. The van der Waals surface area contributed by atoms with Crippen LogP contribution in [0.1, 0.15) is 24.7 Å². The van der Waals surface area contributed by atoms with E-state index in [1.807, 2.05) is 36.4 Å². The molecule has 0 saturated heterocycles. The first-order chi connectivity index (χ1) is 11.2. The molecule has 0 aliphatic rings. The van der Waals surface area contributed by atoms with Crippen molar-refractivity contribution < 1.29 is 18.7 Å². The third kappa shape index (κ3) is 5.62. The van der Waals surface area contributed by atoms with E-state index < -0.39 is 12.0 Å². The number of carbonyl (C=O) groups excluding carboxylic acids is 2. The lowest BCUT2D eigenvalue weighted by molar-refractivity contribution is -0.147. The summed E-state index contributed by atoms with van der Waals surface area (Å²) in [5, 5.41) is 2.76. The number of aryl methyl sites for hydroxylation is 1. The van der Waals surface area contributed by atoms with E-state index in [-0.39, 0.29) is 18.9 Å². The summed E-state index contributed by atoms with van der Waals surface area (Å²) >= 11 is 0. The van der Waals surface area contributed by atoms with Crippen molar-refractivity contribution in [3.63, 3.8) is 0 Å². The molecule has 0 spiro atoms. The molecule has 0 fully saturated rings. The lowest BCUT2D eigenvalue weighted by Gasteiger charge is -2.17. The average Bonchev–Trinajstić information content (AvgIpc) is 3.07. The van der Waals surface area contributed by atoms with Crippen LogP contribution in [0.4, 0.5) is 0 Å². The minimum atomic E-state index is -0.679. The van der Waals surface area contributed by atoms with Gasteiger partial charge in [-0.2, -0.15) is 0 Å². The van der Waals surface area contributed by atoms with E-state index >= 15 is 0 Å². The second-order valence-electron chi connectivity index (χ2n) is 5.14. The predicted molar refractivity (Wildman–Crippen MR) is 85.7 cm³/mol.